The van der Waals surface area contributed by atoms with Gasteiger partial charge in [0.05, 0.1) is 41.9 Å². The predicted molar refractivity (Wildman–Crippen MR) is 158 cm³/mol. The monoisotopic (exact) mass is 563 g/mol. The number of nitriles is 1. The Balaban J connectivity index is 1.21. The summed E-state index contributed by atoms with van der Waals surface area (Å²) in [6.45, 7) is 3.95. The Morgan fingerprint density at radius 3 is 2.31 bits per heavy atom. The highest BCUT2D eigenvalue weighted by molar-refractivity contribution is 5.95. The number of nitrogens with zero attached hydrogens (tertiary/aromatic N) is 5. The second-order valence-corrected chi connectivity index (χ2v) is 11.2. The molecule has 8 heteroatoms. The largest absolute Gasteiger partial charge is 0.497 e. The number of amides is 1. The van der Waals surface area contributed by atoms with E-state index < -0.39 is 0 Å². The molecular weight excluding hydrogens is 529 g/mol. The third kappa shape index (κ3) is 5.79. The SMILES string of the molecule is COc1ccc([C@H]2CCN(C(=O)c3cnn(-c4ccc(F)cc4)c3C3CCN(Cc4ccc(C#N)cc4)CC3)C2)cc1. The van der Waals surface area contributed by atoms with E-state index in [1.54, 1.807) is 25.4 Å². The minimum Gasteiger partial charge on any atom is -0.497 e. The molecule has 3 aromatic carbocycles. The lowest BCUT2D eigenvalue weighted by Crippen LogP contribution is -2.34. The molecule has 1 aromatic heterocycles. The predicted octanol–water partition coefficient (Wildman–Crippen LogP) is 5.90. The van der Waals surface area contributed by atoms with Crippen molar-refractivity contribution in [1.29, 1.82) is 5.26 Å². The van der Waals surface area contributed by atoms with Crippen LogP contribution < -0.4 is 4.74 Å². The van der Waals surface area contributed by atoms with Gasteiger partial charge in [-0.15, -0.1) is 0 Å². The normalized spacial score (nSPS) is 17.7. The lowest BCUT2D eigenvalue weighted by atomic mass is 9.90. The van der Waals surface area contributed by atoms with Gasteiger partial charge in [0.25, 0.3) is 5.91 Å². The number of ether oxygens (including phenoxy) is 1. The lowest BCUT2D eigenvalue weighted by Gasteiger charge is -2.33. The molecule has 0 spiro atoms. The van der Waals surface area contributed by atoms with Crippen molar-refractivity contribution in [2.45, 2.75) is 37.6 Å². The molecule has 4 aromatic rings. The van der Waals surface area contributed by atoms with Gasteiger partial charge >= 0.3 is 0 Å². The van der Waals surface area contributed by atoms with Crippen molar-refractivity contribution in [3.8, 4) is 17.5 Å². The van der Waals surface area contributed by atoms with E-state index >= 15 is 0 Å². The van der Waals surface area contributed by atoms with Crippen LogP contribution in [0.1, 0.15) is 63.8 Å². The van der Waals surface area contributed by atoms with Crippen LogP contribution in [-0.2, 0) is 6.54 Å². The first-order valence-electron chi connectivity index (χ1n) is 14.5. The van der Waals surface area contributed by atoms with Gasteiger partial charge < -0.3 is 9.64 Å². The molecule has 0 bridgehead atoms. The minimum absolute atomic E-state index is 0.00869. The quantitative estimate of drug-likeness (QED) is 0.280. The van der Waals surface area contributed by atoms with Crippen molar-refractivity contribution >= 4 is 5.91 Å². The van der Waals surface area contributed by atoms with E-state index in [0.717, 1.165) is 56.0 Å². The molecule has 0 radical (unpaired) electrons. The van der Waals surface area contributed by atoms with Gasteiger partial charge in [-0.05, 0) is 92.0 Å². The van der Waals surface area contributed by atoms with Gasteiger partial charge in [0.2, 0.25) is 0 Å². The van der Waals surface area contributed by atoms with Gasteiger partial charge in [0.15, 0.2) is 0 Å². The zero-order valence-corrected chi connectivity index (χ0v) is 23.7. The maximum absolute atomic E-state index is 14.0. The third-order valence-corrected chi connectivity index (χ3v) is 8.63. The fourth-order valence-corrected chi connectivity index (χ4v) is 6.27. The van der Waals surface area contributed by atoms with Crippen LogP contribution in [-0.4, -0.2) is 58.8 Å². The van der Waals surface area contributed by atoms with E-state index in [-0.39, 0.29) is 23.6 Å². The number of carbonyl (C=O) groups is 1. The number of piperidine rings is 1. The number of carbonyl (C=O) groups excluding carboxylic acids is 1. The fourth-order valence-electron chi connectivity index (χ4n) is 6.27. The summed E-state index contributed by atoms with van der Waals surface area (Å²) >= 11 is 0. The molecule has 2 aliphatic rings. The summed E-state index contributed by atoms with van der Waals surface area (Å²) in [4.78, 5) is 18.4. The maximum atomic E-state index is 14.0. The van der Waals surface area contributed by atoms with Crippen molar-refractivity contribution < 1.29 is 13.9 Å². The van der Waals surface area contributed by atoms with E-state index in [1.165, 1.54) is 23.3 Å². The van der Waals surface area contributed by atoms with E-state index in [1.807, 2.05) is 46.0 Å². The Hall–Kier alpha value is -4.48. The van der Waals surface area contributed by atoms with Crippen molar-refractivity contribution in [2.24, 2.45) is 0 Å². The lowest BCUT2D eigenvalue weighted by molar-refractivity contribution is 0.0788. The molecule has 0 unspecified atom stereocenters. The number of hydrogen-bond donors (Lipinski definition) is 0. The zero-order valence-electron chi connectivity index (χ0n) is 23.7. The van der Waals surface area contributed by atoms with E-state index in [0.29, 0.717) is 24.2 Å². The molecule has 2 fully saturated rings. The molecule has 0 N–H and O–H groups in total. The summed E-state index contributed by atoms with van der Waals surface area (Å²) in [6, 6.07) is 24.3. The van der Waals surface area contributed by atoms with Crippen molar-refractivity contribution in [2.75, 3.05) is 33.3 Å². The first kappa shape index (κ1) is 27.7. The molecule has 3 heterocycles. The van der Waals surface area contributed by atoms with Crippen LogP contribution in [0.15, 0.2) is 79.0 Å². The first-order chi connectivity index (χ1) is 20.5. The number of halogens is 1. The van der Waals surface area contributed by atoms with Crippen LogP contribution >= 0.6 is 0 Å². The van der Waals surface area contributed by atoms with Crippen LogP contribution in [0.5, 0.6) is 5.75 Å². The summed E-state index contributed by atoms with van der Waals surface area (Å²) in [5.41, 5.74) is 5.36. The maximum Gasteiger partial charge on any atom is 0.257 e. The van der Waals surface area contributed by atoms with Crippen LogP contribution in [0, 0.1) is 17.1 Å². The Bertz CT molecular complexity index is 1570. The highest BCUT2D eigenvalue weighted by atomic mass is 19.1. The first-order valence-corrected chi connectivity index (χ1v) is 14.5. The summed E-state index contributed by atoms with van der Waals surface area (Å²) in [5, 5.41) is 13.8. The molecule has 1 atom stereocenters. The van der Waals surface area contributed by atoms with Gasteiger partial charge in [-0.1, -0.05) is 24.3 Å². The van der Waals surface area contributed by atoms with Crippen LogP contribution in [0.3, 0.4) is 0 Å². The number of likely N-dealkylation sites (tertiary alicyclic amines) is 2. The van der Waals surface area contributed by atoms with Gasteiger partial charge in [-0.2, -0.15) is 10.4 Å². The van der Waals surface area contributed by atoms with Crippen LogP contribution in [0.25, 0.3) is 5.69 Å². The molecule has 2 aliphatic heterocycles. The number of rotatable bonds is 7. The standard InChI is InChI=1S/C34H34FN5O2/c1-42-31-12-6-26(7-13-31)28-16-19-39(23-28)34(41)32-21-37-40(30-10-8-29(35)9-11-30)33(32)27-14-17-38(18-15-27)22-25-4-2-24(20-36)3-5-25/h2-13,21,27-28H,14-19,22-23H2,1H3/t28-/m0/s1. The number of benzene rings is 3. The molecule has 6 rings (SSSR count). The van der Waals surface area contributed by atoms with E-state index in [2.05, 4.69) is 28.2 Å². The third-order valence-electron chi connectivity index (χ3n) is 8.63. The molecular formula is C34H34FN5O2. The average Bonchev–Trinajstić information content (AvgIpc) is 3.71. The smallest absolute Gasteiger partial charge is 0.257 e. The number of aromatic nitrogens is 2. The van der Waals surface area contributed by atoms with E-state index in [4.69, 9.17) is 10.00 Å². The summed E-state index contributed by atoms with van der Waals surface area (Å²) in [7, 11) is 1.66. The second kappa shape index (κ2) is 12.2. The molecule has 2 saturated heterocycles. The molecule has 0 aliphatic carbocycles. The fraction of sp³-hybridized carbons (Fsp3) is 0.324. The summed E-state index contributed by atoms with van der Waals surface area (Å²) in [5.74, 6) is 0.955. The Labute approximate surface area is 245 Å². The molecule has 42 heavy (non-hydrogen) atoms. The van der Waals surface area contributed by atoms with Gasteiger partial charge in [-0.25, -0.2) is 9.07 Å². The van der Waals surface area contributed by atoms with Crippen molar-refractivity contribution in [3.63, 3.8) is 0 Å². The molecule has 214 valence electrons. The van der Waals surface area contributed by atoms with Gasteiger partial charge in [-0.3, -0.25) is 9.69 Å². The number of methoxy groups -OCH3 is 1. The topological polar surface area (TPSA) is 74.4 Å². The Kier molecular flexibility index (Phi) is 8.02. The average molecular weight is 564 g/mol. The van der Waals surface area contributed by atoms with Crippen molar-refractivity contribution in [1.82, 2.24) is 19.6 Å². The van der Waals surface area contributed by atoms with E-state index in [9.17, 15) is 9.18 Å². The zero-order chi connectivity index (χ0) is 29.1. The second-order valence-electron chi connectivity index (χ2n) is 11.2. The molecule has 1 amide bonds. The minimum atomic E-state index is -0.304. The Morgan fingerprint density at radius 1 is 0.952 bits per heavy atom. The van der Waals surface area contributed by atoms with Crippen LogP contribution in [0.2, 0.25) is 0 Å². The van der Waals surface area contributed by atoms with Crippen LogP contribution in [0.4, 0.5) is 4.39 Å². The summed E-state index contributed by atoms with van der Waals surface area (Å²) in [6.07, 6.45) is 4.38. The Morgan fingerprint density at radius 2 is 1.64 bits per heavy atom. The van der Waals surface area contributed by atoms with Gasteiger partial charge in [0.1, 0.15) is 11.6 Å². The summed E-state index contributed by atoms with van der Waals surface area (Å²) < 4.78 is 20.9. The number of hydrogen-bond acceptors (Lipinski definition) is 5. The molecule has 7 nitrogen and oxygen atoms in total. The van der Waals surface area contributed by atoms with Gasteiger partial charge in [0, 0.05) is 31.5 Å². The highest BCUT2D eigenvalue weighted by Crippen LogP contribution is 2.35. The highest BCUT2D eigenvalue weighted by Gasteiger charge is 2.34. The molecule has 0 saturated carbocycles. The van der Waals surface area contributed by atoms with Crippen molar-refractivity contribution in [3.05, 3.63) is 113 Å².